The first-order chi connectivity index (χ1) is 9.88. The van der Waals surface area contributed by atoms with E-state index in [0.717, 1.165) is 12.1 Å². The number of aromatic nitrogens is 1. The largest absolute Gasteiger partial charge is 0.473 e. The number of ether oxygens (including phenoxy) is 1. The minimum Gasteiger partial charge on any atom is -0.473 e. The molecule has 2 rings (SSSR count). The molecule has 8 heteroatoms. The Kier molecular flexibility index (Phi) is 4.54. The van der Waals surface area contributed by atoms with E-state index in [0.29, 0.717) is 10.6 Å². The molecule has 1 aromatic carbocycles. The summed E-state index contributed by atoms with van der Waals surface area (Å²) in [6.45, 7) is 0.0406. The Labute approximate surface area is 123 Å². The third-order valence-electron chi connectivity index (χ3n) is 2.55. The number of alkyl halides is 3. The van der Waals surface area contributed by atoms with Gasteiger partial charge < -0.3 is 10.2 Å². The number of anilines is 1. The van der Waals surface area contributed by atoms with E-state index in [2.05, 4.69) is 10.4 Å². The summed E-state index contributed by atoms with van der Waals surface area (Å²) < 4.78 is 43.5. The molecule has 0 bridgehead atoms. The van der Waals surface area contributed by atoms with Gasteiger partial charge in [-0.1, -0.05) is 23.7 Å². The summed E-state index contributed by atoms with van der Waals surface area (Å²) in [5.41, 5.74) is 1.89. The predicted molar refractivity (Wildman–Crippen MR) is 72.8 cm³/mol. The number of nitrogens with two attached hydrogens (primary N) is 1. The molecule has 0 aliphatic heterocycles. The van der Waals surface area contributed by atoms with Crippen LogP contribution in [0.2, 0.25) is 5.02 Å². The highest BCUT2D eigenvalue weighted by Gasteiger charge is 2.32. The van der Waals surface area contributed by atoms with E-state index in [1.807, 2.05) is 0 Å². The Hall–Kier alpha value is -1.99. The van der Waals surface area contributed by atoms with Gasteiger partial charge >= 0.3 is 6.18 Å². The third kappa shape index (κ3) is 4.24. The van der Waals surface area contributed by atoms with Crippen LogP contribution in [0.4, 0.5) is 19.0 Å². The summed E-state index contributed by atoms with van der Waals surface area (Å²) in [5.74, 6) is 4.79. The van der Waals surface area contributed by atoms with Gasteiger partial charge in [0.15, 0.2) is 0 Å². The third-order valence-corrected chi connectivity index (χ3v) is 2.79. The van der Waals surface area contributed by atoms with Crippen LogP contribution < -0.4 is 16.0 Å². The smallest absolute Gasteiger partial charge is 0.416 e. The summed E-state index contributed by atoms with van der Waals surface area (Å²) >= 11 is 5.81. The first kappa shape index (κ1) is 15.4. The van der Waals surface area contributed by atoms with Gasteiger partial charge in [0.1, 0.15) is 12.4 Å². The quantitative estimate of drug-likeness (QED) is 0.668. The minimum atomic E-state index is -4.51. The molecule has 3 N–H and O–H groups in total. The van der Waals surface area contributed by atoms with Crippen LogP contribution in [0, 0.1) is 0 Å². The van der Waals surface area contributed by atoms with E-state index in [1.54, 1.807) is 24.3 Å². The Bertz CT molecular complexity index is 634. The lowest BCUT2D eigenvalue weighted by Gasteiger charge is -2.12. The van der Waals surface area contributed by atoms with Crippen LogP contribution >= 0.6 is 11.6 Å². The highest BCUT2D eigenvalue weighted by Crippen LogP contribution is 2.32. The van der Waals surface area contributed by atoms with Crippen molar-refractivity contribution in [2.24, 2.45) is 5.84 Å². The number of nitrogen functional groups attached to an aromatic ring is 1. The molecule has 0 atom stereocenters. The molecule has 112 valence electrons. The molecular formula is C13H11ClF3N3O. The number of benzene rings is 1. The summed E-state index contributed by atoms with van der Waals surface area (Å²) in [6.07, 6.45) is -4.51. The van der Waals surface area contributed by atoms with E-state index in [9.17, 15) is 13.2 Å². The van der Waals surface area contributed by atoms with Crippen molar-refractivity contribution < 1.29 is 17.9 Å². The van der Waals surface area contributed by atoms with Gasteiger partial charge in [-0.2, -0.15) is 18.2 Å². The highest BCUT2D eigenvalue weighted by atomic mass is 35.5. The van der Waals surface area contributed by atoms with Crippen molar-refractivity contribution in [2.45, 2.75) is 12.8 Å². The van der Waals surface area contributed by atoms with Crippen molar-refractivity contribution >= 4 is 17.4 Å². The maximum atomic E-state index is 12.7. The molecule has 0 aliphatic rings. The maximum absolute atomic E-state index is 12.7. The van der Waals surface area contributed by atoms with Gasteiger partial charge in [-0.05, 0) is 23.8 Å². The fourth-order valence-corrected chi connectivity index (χ4v) is 1.81. The number of nitrogens with one attached hydrogen (secondary N) is 1. The SMILES string of the molecule is NNc1cc(C(F)(F)F)cc(OCc2cccc(Cl)c2)n1. The lowest BCUT2D eigenvalue weighted by molar-refractivity contribution is -0.137. The second kappa shape index (κ2) is 6.19. The molecule has 4 nitrogen and oxygen atoms in total. The van der Waals surface area contributed by atoms with Gasteiger partial charge in [-0.3, -0.25) is 0 Å². The number of hydrogen-bond acceptors (Lipinski definition) is 4. The minimum absolute atomic E-state index is 0.0406. The van der Waals surface area contributed by atoms with Crippen molar-refractivity contribution in [1.82, 2.24) is 4.98 Å². The molecule has 1 heterocycles. The van der Waals surface area contributed by atoms with E-state index in [4.69, 9.17) is 22.2 Å². The molecule has 0 saturated heterocycles. The predicted octanol–water partition coefficient (Wildman–Crippen LogP) is 3.62. The first-order valence-corrected chi connectivity index (χ1v) is 6.19. The Morgan fingerprint density at radius 2 is 2.00 bits per heavy atom. The van der Waals surface area contributed by atoms with E-state index in [1.165, 1.54) is 0 Å². The monoisotopic (exact) mass is 317 g/mol. The molecule has 0 amide bonds. The van der Waals surface area contributed by atoms with Crippen LogP contribution in [0.5, 0.6) is 5.88 Å². The first-order valence-electron chi connectivity index (χ1n) is 5.81. The number of hydrogen-bond donors (Lipinski definition) is 2. The summed E-state index contributed by atoms with van der Waals surface area (Å²) in [7, 11) is 0. The molecule has 0 fully saturated rings. The Morgan fingerprint density at radius 3 is 2.62 bits per heavy atom. The van der Waals surface area contributed by atoms with Crippen LogP contribution in [-0.4, -0.2) is 4.98 Å². The van der Waals surface area contributed by atoms with Crippen LogP contribution in [0.15, 0.2) is 36.4 Å². The van der Waals surface area contributed by atoms with Gasteiger partial charge in [-0.25, -0.2) is 5.84 Å². The van der Waals surface area contributed by atoms with Crippen LogP contribution in [-0.2, 0) is 12.8 Å². The molecule has 1 aromatic heterocycles. The Morgan fingerprint density at radius 1 is 1.24 bits per heavy atom. The normalized spacial score (nSPS) is 11.3. The number of nitrogens with zero attached hydrogens (tertiary/aromatic N) is 1. The molecular weight excluding hydrogens is 307 g/mol. The summed E-state index contributed by atoms with van der Waals surface area (Å²) in [4.78, 5) is 3.81. The number of pyridine rings is 1. The molecule has 0 aliphatic carbocycles. The van der Waals surface area contributed by atoms with Gasteiger partial charge in [0, 0.05) is 11.1 Å². The van der Waals surface area contributed by atoms with Crippen molar-refractivity contribution in [2.75, 3.05) is 5.43 Å². The standard InChI is InChI=1S/C13H11ClF3N3O/c14-10-3-1-2-8(4-10)7-21-12-6-9(13(15,16)17)5-11(19-12)20-18/h1-6H,7,18H2,(H,19,20). The number of rotatable bonds is 4. The molecule has 21 heavy (non-hydrogen) atoms. The average Bonchev–Trinajstić information content (AvgIpc) is 2.44. The maximum Gasteiger partial charge on any atom is 0.416 e. The zero-order valence-electron chi connectivity index (χ0n) is 10.6. The van der Waals surface area contributed by atoms with Crippen molar-refractivity contribution in [3.05, 3.63) is 52.5 Å². The summed E-state index contributed by atoms with van der Waals surface area (Å²) in [6, 6.07) is 8.40. The fourth-order valence-electron chi connectivity index (χ4n) is 1.60. The topological polar surface area (TPSA) is 60.2 Å². The van der Waals surface area contributed by atoms with E-state index < -0.39 is 11.7 Å². The zero-order chi connectivity index (χ0) is 15.5. The second-order valence-corrected chi connectivity index (χ2v) is 4.58. The highest BCUT2D eigenvalue weighted by molar-refractivity contribution is 6.30. The molecule has 0 spiro atoms. The average molecular weight is 318 g/mol. The molecule has 2 aromatic rings. The second-order valence-electron chi connectivity index (χ2n) is 4.14. The van der Waals surface area contributed by atoms with Crippen molar-refractivity contribution in [3.63, 3.8) is 0 Å². The lowest BCUT2D eigenvalue weighted by Crippen LogP contribution is -2.13. The molecule has 0 saturated carbocycles. The van der Waals surface area contributed by atoms with Gasteiger partial charge in [-0.15, -0.1) is 0 Å². The van der Waals surface area contributed by atoms with Crippen molar-refractivity contribution in [3.8, 4) is 5.88 Å². The van der Waals surface area contributed by atoms with Crippen molar-refractivity contribution in [1.29, 1.82) is 0 Å². The molecule has 0 radical (unpaired) electrons. The van der Waals surface area contributed by atoms with Crippen LogP contribution in [0.25, 0.3) is 0 Å². The Balaban J connectivity index is 2.19. The fraction of sp³-hybridized carbons (Fsp3) is 0.154. The van der Waals surface area contributed by atoms with Crippen LogP contribution in [0.3, 0.4) is 0 Å². The summed E-state index contributed by atoms with van der Waals surface area (Å²) in [5, 5.41) is 0.511. The molecule has 0 unspecified atom stereocenters. The van der Waals surface area contributed by atoms with E-state index >= 15 is 0 Å². The number of halogens is 4. The lowest BCUT2D eigenvalue weighted by atomic mass is 10.2. The van der Waals surface area contributed by atoms with E-state index in [-0.39, 0.29) is 18.3 Å². The van der Waals surface area contributed by atoms with Crippen LogP contribution in [0.1, 0.15) is 11.1 Å². The van der Waals surface area contributed by atoms with Gasteiger partial charge in [0.2, 0.25) is 5.88 Å². The van der Waals surface area contributed by atoms with Gasteiger partial charge in [0.05, 0.1) is 5.56 Å². The zero-order valence-corrected chi connectivity index (χ0v) is 11.4. The number of hydrazine groups is 1. The van der Waals surface area contributed by atoms with Gasteiger partial charge in [0.25, 0.3) is 0 Å².